The molecule has 2 N–H and O–H groups in total. The number of aromatic amines is 1. The number of aryl methyl sites for hydroxylation is 2. The van der Waals surface area contributed by atoms with Crippen molar-refractivity contribution in [2.75, 3.05) is 11.1 Å². The fourth-order valence-electron chi connectivity index (χ4n) is 1.64. The monoisotopic (exact) mass is 339 g/mol. The molecule has 2 rings (SSSR count). The van der Waals surface area contributed by atoms with Crippen LogP contribution in [0.3, 0.4) is 0 Å². The van der Waals surface area contributed by atoms with E-state index in [1.165, 1.54) is 29.2 Å². The molecule has 0 aliphatic heterocycles. The zero-order valence-corrected chi connectivity index (χ0v) is 14.0. The molecule has 2 heterocycles. The van der Waals surface area contributed by atoms with Crippen LogP contribution in [0.4, 0.5) is 5.13 Å². The van der Waals surface area contributed by atoms with Crippen LogP contribution in [0, 0.1) is 6.92 Å². The summed E-state index contributed by atoms with van der Waals surface area (Å²) in [6, 6.07) is 1.41. The number of hydrogen-bond acceptors (Lipinski definition) is 7. The van der Waals surface area contributed by atoms with Crippen LogP contribution in [-0.4, -0.2) is 31.8 Å². The predicted molar refractivity (Wildman–Crippen MR) is 87.5 cm³/mol. The molecule has 0 aromatic carbocycles. The molecule has 0 spiro atoms. The van der Waals surface area contributed by atoms with E-state index < -0.39 is 0 Å². The first-order valence-electron chi connectivity index (χ1n) is 6.90. The van der Waals surface area contributed by atoms with E-state index in [4.69, 9.17) is 0 Å². The molecule has 0 saturated heterocycles. The van der Waals surface area contributed by atoms with Crippen LogP contribution in [0.1, 0.15) is 30.5 Å². The van der Waals surface area contributed by atoms with Crippen LogP contribution in [0.25, 0.3) is 0 Å². The third-order valence-corrected chi connectivity index (χ3v) is 4.42. The number of H-pyrrole nitrogens is 1. The molecule has 0 bridgehead atoms. The normalized spacial score (nSPS) is 10.6. The quantitative estimate of drug-likeness (QED) is 0.591. The zero-order valence-electron chi connectivity index (χ0n) is 12.4. The minimum atomic E-state index is -0.222. The number of nitrogens with zero attached hydrogens (tertiary/aromatic N) is 3. The number of anilines is 1. The van der Waals surface area contributed by atoms with Crippen molar-refractivity contribution in [3.8, 4) is 0 Å². The Morgan fingerprint density at radius 3 is 3.00 bits per heavy atom. The zero-order chi connectivity index (χ0) is 15.9. The summed E-state index contributed by atoms with van der Waals surface area (Å²) in [6.45, 7) is 3.85. The van der Waals surface area contributed by atoms with E-state index in [2.05, 4.69) is 32.4 Å². The smallest absolute Gasteiger partial charge is 0.251 e. The van der Waals surface area contributed by atoms with E-state index >= 15 is 0 Å². The molecule has 1 amide bonds. The molecule has 0 atom stereocenters. The fraction of sp³-hybridized carbons (Fsp3) is 0.462. The maximum absolute atomic E-state index is 11.9. The van der Waals surface area contributed by atoms with Gasteiger partial charge in [-0.25, -0.2) is 4.98 Å². The summed E-state index contributed by atoms with van der Waals surface area (Å²) in [7, 11) is 0. The Balaban J connectivity index is 1.85. The SMILES string of the molecule is CCCCc1nnc(NC(=O)CSc2nc(C)cc(=O)[nH]2)s1. The fourth-order valence-corrected chi connectivity index (χ4v) is 3.16. The molecule has 2 aromatic heterocycles. The second kappa shape index (κ2) is 8.04. The van der Waals surface area contributed by atoms with Crippen molar-refractivity contribution in [1.29, 1.82) is 0 Å². The lowest BCUT2D eigenvalue weighted by Gasteiger charge is -2.01. The van der Waals surface area contributed by atoms with E-state index in [1.54, 1.807) is 6.92 Å². The molecule has 0 radical (unpaired) electrons. The molecule has 0 aliphatic carbocycles. The Bertz CT molecular complexity index is 698. The molecular weight excluding hydrogens is 322 g/mol. The molecular formula is C13H17N5O2S2. The van der Waals surface area contributed by atoms with Crippen LogP contribution < -0.4 is 10.9 Å². The van der Waals surface area contributed by atoms with Crippen molar-refractivity contribution < 1.29 is 4.79 Å². The van der Waals surface area contributed by atoms with Crippen molar-refractivity contribution in [3.05, 3.63) is 27.1 Å². The van der Waals surface area contributed by atoms with Gasteiger partial charge >= 0.3 is 0 Å². The van der Waals surface area contributed by atoms with Gasteiger partial charge in [-0.2, -0.15) is 0 Å². The van der Waals surface area contributed by atoms with E-state index in [0.29, 0.717) is 16.0 Å². The van der Waals surface area contributed by atoms with Crippen molar-refractivity contribution in [1.82, 2.24) is 20.2 Å². The number of aromatic nitrogens is 4. The first-order valence-corrected chi connectivity index (χ1v) is 8.70. The lowest BCUT2D eigenvalue weighted by Crippen LogP contribution is -2.15. The van der Waals surface area contributed by atoms with Gasteiger partial charge in [0.25, 0.3) is 5.56 Å². The Labute approximate surface area is 136 Å². The van der Waals surface area contributed by atoms with Crippen molar-refractivity contribution >= 4 is 34.1 Å². The first kappa shape index (κ1) is 16.6. The first-order chi connectivity index (χ1) is 10.6. The van der Waals surface area contributed by atoms with Crippen LogP contribution >= 0.6 is 23.1 Å². The van der Waals surface area contributed by atoms with Gasteiger partial charge in [0.05, 0.1) is 5.75 Å². The lowest BCUT2D eigenvalue weighted by molar-refractivity contribution is -0.113. The Morgan fingerprint density at radius 2 is 2.27 bits per heavy atom. The molecule has 22 heavy (non-hydrogen) atoms. The topological polar surface area (TPSA) is 101 Å². The van der Waals surface area contributed by atoms with Gasteiger partial charge in [-0.1, -0.05) is 36.4 Å². The van der Waals surface area contributed by atoms with E-state index in [1.807, 2.05) is 0 Å². The number of carbonyl (C=O) groups is 1. The summed E-state index contributed by atoms with van der Waals surface area (Å²) in [5.41, 5.74) is 0.399. The summed E-state index contributed by atoms with van der Waals surface area (Å²) in [4.78, 5) is 29.9. The summed E-state index contributed by atoms with van der Waals surface area (Å²) >= 11 is 2.57. The molecule has 2 aromatic rings. The molecule has 0 unspecified atom stereocenters. The predicted octanol–water partition coefficient (Wildman–Crippen LogP) is 2.00. The Morgan fingerprint density at radius 1 is 1.45 bits per heavy atom. The molecule has 0 aliphatic rings. The average Bonchev–Trinajstić information content (AvgIpc) is 2.89. The van der Waals surface area contributed by atoms with Gasteiger partial charge in [0.15, 0.2) is 5.16 Å². The number of unbranched alkanes of at least 4 members (excludes halogenated alkanes) is 1. The van der Waals surface area contributed by atoms with Crippen molar-refractivity contribution in [2.45, 2.75) is 38.3 Å². The third-order valence-electron chi connectivity index (χ3n) is 2.65. The minimum absolute atomic E-state index is 0.149. The van der Waals surface area contributed by atoms with Crippen molar-refractivity contribution in [3.63, 3.8) is 0 Å². The van der Waals surface area contributed by atoms with Crippen LogP contribution in [0.5, 0.6) is 0 Å². The molecule has 0 saturated carbocycles. The van der Waals surface area contributed by atoms with Gasteiger partial charge in [-0.15, -0.1) is 10.2 Å². The number of carbonyl (C=O) groups excluding carboxylic acids is 1. The maximum atomic E-state index is 11.9. The largest absolute Gasteiger partial charge is 0.301 e. The van der Waals surface area contributed by atoms with E-state index in [0.717, 1.165) is 24.3 Å². The summed E-state index contributed by atoms with van der Waals surface area (Å²) < 4.78 is 0. The number of rotatable bonds is 7. The van der Waals surface area contributed by atoms with Gasteiger partial charge in [0.2, 0.25) is 11.0 Å². The van der Waals surface area contributed by atoms with Crippen LogP contribution in [0.2, 0.25) is 0 Å². The van der Waals surface area contributed by atoms with E-state index in [9.17, 15) is 9.59 Å². The van der Waals surface area contributed by atoms with Crippen LogP contribution in [0.15, 0.2) is 16.0 Å². The highest BCUT2D eigenvalue weighted by molar-refractivity contribution is 7.99. The summed E-state index contributed by atoms with van der Waals surface area (Å²) in [5, 5.41) is 12.5. The second-order valence-electron chi connectivity index (χ2n) is 4.63. The van der Waals surface area contributed by atoms with E-state index in [-0.39, 0.29) is 17.2 Å². The molecule has 0 fully saturated rings. The van der Waals surface area contributed by atoms with Gasteiger partial charge in [-0.05, 0) is 13.3 Å². The number of thioether (sulfide) groups is 1. The average molecular weight is 339 g/mol. The maximum Gasteiger partial charge on any atom is 0.251 e. The van der Waals surface area contributed by atoms with Gasteiger partial charge in [-0.3, -0.25) is 14.9 Å². The van der Waals surface area contributed by atoms with Gasteiger partial charge < -0.3 is 4.98 Å². The highest BCUT2D eigenvalue weighted by Gasteiger charge is 2.09. The lowest BCUT2D eigenvalue weighted by atomic mass is 10.3. The van der Waals surface area contributed by atoms with Gasteiger partial charge in [0, 0.05) is 18.2 Å². The molecule has 118 valence electrons. The Hall–Kier alpha value is -1.74. The Kier molecular flexibility index (Phi) is 6.08. The number of nitrogens with one attached hydrogen (secondary N) is 2. The number of hydrogen-bond donors (Lipinski definition) is 2. The molecule has 7 nitrogen and oxygen atoms in total. The number of amides is 1. The third kappa shape index (κ3) is 5.23. The second-order valence-corrected chi connectivity index (χ2v) is 6.66. The minimum Gasteiger partial charge on any atom is -0.301 e. The molecule has 9 heteroatoms. The standard InChI is InChI=1S/C13H17N5O2S2/c1-3-4-5-11-17-18-13(22-11)16-10(20)7-21-12-14-8(2)6-9(19)15-12/h6H,3-5,7H2,1-2H3,(H,14,15,19)(H,16,18,20). The summed E-state index contributed by atoms with van der Waals surface area (Å²) in [5.74, 6) is -0.0525. The highest BCUT2D eigenvalue weighted by Crippen LogP contribution is 2.18. The van der Waals surface area contributed by atoms with Crippen molar-refractivity contribution in [2.24, 2.45) is 0 Å². The highest BCUT2D eigenvalue weighted by atomic mass is 32.2. The van der Waals surface area contributed by atoms with Gasteiger partial charge in [0.1, 0.15) is 5.01 Å². The summed E-state index contributed by atoms with van der Waals surface area (Å²) in [6.07, 6.45) is 3.04. The van der Waals surface area contributed by atoms with Crippen LogP contribution in [-0.2, 0) is 11.2 Å².